The van der Waals surface area contributed by atoms with E-state index in [1.807, 2.05) is 4.98 Å². The third-order valence-electron chi connectivity index (χ3n) is 1.95. The number of H-pyrrole nitrogens is 1. The van der Waals surface area contributed by atoms with E-state index < -0.39 is 11.2 Å². The van der Waals surface area contributed by atoms with Crippen LogP contribution in [0.1, 0.15) is 11.3 Å². The summed E-state index contributed by atoms with van der Waals surface area (Å²) >= 11 is 0. The number of nitriles is 1. The monoisotopic (exact) mass is 218 g/mol. The third-order valence-corrected chi connectivity index (χ3v) is 1.95. The molecule has 80 valence electrons. The van der Waals surface area contributed by atoms with E-state index in [4.69, 9.17) is 5.26 Å². The van der Waals surface area contributed by atoms with E-state index >= 15 is 0 Å². The fourth-order valence-corrected chi connectivity index (χ4v) is 1.20. The molecule has 1 N–H and O–H groups in total. The lowest BCUT2D eigenvalue weighted by molar-refractivity contribution is 0.409. The SMILES string of the molecule is N#Cc1cn(Cc2ccon2)c(=O)[nH]c1=O. The number of hydrogen-bond donors (Lipinski definition) is 1. The molecule has 0 unspecified atom stereocenters. The quantitative estimate of drug-likeness (QED) is 0.727. The molecule has 0 aliphatic heterocycles. The number of nitrogens with one attached hydrogen (secondary N) is 1. The fraction of sp³-hybridized carbons (Fsp3) is 0.111. The van der Waals surface area contributed by atoms with Crippen LogP contribution in [0.2, 0.25) is 0 Å². The largest absolute Gasteiger partial charge is 0.364 e. The zero-order valence-corrected chi connectivity index (χ0v) is 8.01. The van der Waals surface area contributed by atoms with Gasteiger partial charge in [0.05, 0.1) is 6.54 Å². The standard InChI is InChI=1S/C9H6N4O3/c10-3-6-4-13(9(15)11-8(6)14)5-7-1-2-16-12-7/h1-2,4H,5H2,(H,11,14,15). The van der Waals surface area contributed by atoms with Crippen molar-refractivity contribution in [2.75, 3.05) is 0 Å². The Kier molecular flexibility index (Phi) is 2.39. The summed E-state index contributed by atoms with van der Waals surface area (Å²) in [6.07, 6.45) is 2.56. The highest BCUT2D eigenvalue weighted by molar-refractivity contribution is 5.21. The first-order valence-corrected chi connectivity index (χ1v) is 4.34. The van der Waals surface area contributed by atoms with Gasteiger partial charge in [-0.1, -0.05) is 5.16 Å². The summed E-state index contributed by atoms with van der Waals surface area (Å²) in [6, 6.07) is 3.28. The molecule has 0 spiro atoms. The first kappa shape index (κ1) is 9.92. The van der Waals surface area contributed by atoms with Crippen molar-refractivity contribution in [2.45, 2.75) is 6.54 Å². The minimum Gasteiger partial charge on any atom is -0.364 e. The highest BCUT2D eigenvalue weighted by Crippen LogP contribution is 1.96. The van der Waals surface area contributed by atoms with Crippen molar-refractivity contribution in [3.05, 3.63) is 50.6 Å². The number of nitrogens with zero attached hydrogens (tertiary/aromatic N) is 3. The molecular formula is C9H6N4O3. The van der Waals surface area contributed by atoms with Gasteiger partial charge in [-0.2, -0.15) is 5.26 Å². The van der Waals surface area contributed by atoms with Gasteiger partial charge in [-0.05, 0) is 0 Å². The van der Waals surface area contributed by atoms with Gasteiger partial charge in [0, 0.05) is 12.3 Å². The summed E-state index contributed by atoms with van der Waals surface area (Å²) in [5, 5.41) is 12.3. The van der Waals surface area contributed by atoms with Crippen LogP contribution in [-0.2, 0) is 6.54 Å². The van der Waals surface area contributed by atoms with Crippen LogP contribution in [0, 0.1) is 11.3 Å². The lowest BCUT2D eigenvalue weighted by Crippen LogP contribution is -2.31. The van der Waals surface area contributed by atoms with Crippen LogP contribution >= 0.6 is 0 Å². The first-order chi connectivity index (χ1) is 7.70. The molecule has 0 saturated carbocycles. The number of aromatic nitrogens is 3. The molecule has 7 nitrogen and oxygen atoms in total. The average Bonchev–Trinajstić information content (AvgIpc) is 2.75. The number of aromatic amines is 1. The molecule has 2 rings (SSSR count). The number of hydrogen-bond acceptors (Lipinski definition) is 5. The van der Waals surface area contributed by atoms with Gasteiger partial charge in [-0.25, -0.2) is 4.79 Å². The summed E-state index contributed by atoms with van der Waals surface area (Å²) in [4.78, 5) is 24.5. The van der Waals surface area contributed by atoms with Crippen molar-refractivity contribution < 1.29 is 4.52 Å². The van der Waals surface area contributed by atoms with E-state index in [-0.39, 0.29) is 12.1 Å². The Morgan fingerprint density at radius 2 is 2.38 bits per heavy atom. The van der Waals surface area contributed by atoms with Gasteiger partial charge < -0.3 is 4.52 Å². The summed E-state index contributed by atoms with van der Waals surface area (Å²) in [5.74, 6) is 0. The highest BCUT2D eigenvalue weighted by atomic mass is 16.5. The normalized spacial score (nSPS) is 9.94. The molecule has 0 fully saturated rings. The summed E-state index contributed by atoms with van der Waals surface area (Å²) in [7, 11) is 0. The smallest absolute Gasteiger partial charge is 0.328 e. The summed E-state index contributed by atoms with van der Waals surface area (Å²) < 4.78 is 5.78. The van der Waals surface area contributed by atoms with E-state index in [0.29, 0.717) is 5.69 Å². The van der Waals surface area contributed by atoms with E-state index in [2.05, 4.69) is 9.68 Å². The average molecular weight is 218 g/mol. The minimum atomic E-state index is -0.691. The Hall–Kier alpha value is -2.62. The molecule has 7 heteroatoms. The van der Waals surface area contributed by atoms with Gasteiger partial charge in [0.2, 0.25) is 0 Å². The molecule has 0 radical (unpaired) electrons. The van der Waals surface area contributed by atoms with E-state index in [0.717, 1.165) is 0 Å². The molecule has 0 saturated heterocycles. The van der Waals surface area contributed by atoms with Crippen LogP contribution in [-0.4, -0.2) is 14.7 Å². The molecule has 0 aromatic carbocycles. The van der Waals surface area contributed by atoms with Crippen molar-refractivity contribution in [2.24, 2.45) is 0 Å². The molecule has 2 aromatic rings. The van der Waals surface area contributed by atoms with E-state index in [1.165, 1.54) is 17.0 Å². The van der Waals surface area contributed by atoms with Crippen molar-refractivity contribution in [3.8, 4) is 6.07 Å². The lowest BCUT2D eigenvalue weighted by Gasteiger charge is -2.01. The molecule has 0 bridgehead atoms. The van der Waals surface area contributed by atoms with E-state index in [9.17, 15) is 9.59 Å². The Labute approximate surface area is 88.5 Å². The van der Waals surface area contributed by atoms with Crippen molar-refractivity contribution in [3.63, 3.8) is 0 Å². The third kappa shape index (κ3) is 1.76. The minimum absolute atomic E-state index is 0.122. The van der Waals surface area contributed by atoms with Gasteiger partial charge in [-0.3, -0.25) is 14.3 Å². The predicted molar refractivity (Wildman–Crippen MR) is 51.6 cm³/mol. The highest BCUT2D eigenvalue weighted by Gasteiger charge is 2.05. The van der Waals surface area contributed by atoms with Crippen LogP contribution in [0.5, 0.6) is 0 Å². The molecule has 0 atom stereocenters. The maximum Gasteiger partial charge on any atom is 0.328 e. The molecular weight excluding hydrogens is 212 g/mol. The maximum absolute atomic E-state index is 11.4. The first-order valence-electron chi connectivity index (χ1n) is 4.34. The van der Waals surface area contributed by atoms with Crippen molar-refractivity contribution in [1.29, 1.82) is 5.26 Å². The molecule has 0 aliphatic rings. The Balaban J connectivity index is 2.46. The second-order valence-electron chi connectivity index (χ2n) is 3.03. The van der Waals surface area contributed by atoms with Gasteiger partial charge in [0.1, 0.15) is 23.6 Å². The van der Waals surface area contributed by atoms with Crippen molar-refractivity contribution >= 4 is 0 Å². The molecule has 0 aliphatic carbocycles. The van der Waals surface area contributed by atoms with Gasteiger partial charge in [-0.15, -0.1) is 0 Å². The second kappa shape index (κ2) is 3.86. The molecule has 16 heavy (non-hydrogen) atoms. The van der Waals surface area contributed by atoms with Gasteiger partial charge >= 0.3 is 5.69 Å². The van der Waals surface area contributed by atoms with Crippen LogP contribution < -0.4 is 11.2 Å². The van der Waals surface area contributed by atoms with Crippen LogP contribution in [0.25, 0.3) is 0 Å². The lowest BCUT2D eigenvalue weighted by atomic mass is 10.3. The topological polar surface area (TPSA) is 105 Å². The van der Waals surface area contributed by atoms with E-state index in [1.54, 1.807) is 12.1 Å². The van der Waals surface area contributed by atoms with Gasteiger partial charge in [0.25, 0.3) is 5.56 Å². The van der Waals surface area contributed by atoms with Crippen LogP contribution in [0.15, 0.2) is 32.6 Å². The Bertz CT molecular complexity index is 645. The number of rotatable bonds is 2. The molecule has 0 amide bonds. The van der Waals surface area contributed by atoms with Crippen LogP contribution in [0.4, 0.5) is 0 Å². The molecule has 2 aromatic heterocycles. The predicted octanol–water partition coefficient (Wildman–Crippen LogP) is -0.555. The molecule has 2 heterocycles. The second-order valence-corrected chi connectivity index (χ2v) is 3.03. The maximum atomic E-state index is 11.4. The summed E-state index contributed by atoms with van der Waals surface area (Å²) in [5.41, 5.74) is -0.878. The van der Waals surface area contributed by atoms with Crippen molar-refractivity contribution in [1.82, 2.24) is 14.7 Å². The fourth-order valence-electron chi connectivity index (χ4n) is 1.20. The zero-order valence-electron chi connectivity index (χ0n) is 8.01. The Morgan fingerprint density at radius 3 is 3.00 bits per heavy atom. The van der Waals surface area contributed by atoms with Crippen LogP contribution in [0.3, 0.4) is 0 Å². The summed E-state index contributed by atoms with van der Waals surface area (Å²) in [6.45, 7) is 0.140. The Morgan fingerprint density at radius 1 is 1.56 bits per heavy atom. The van der Waals surface area contributed by atoms with Gasteiger partial charge in [0.15, 0.2) is 0 Å². The zero-order chi connectivity index (χ0) is 11.5.